The van der Waals surface area contributed by atoms with Gasteiger partial charge in [-0.2, -0.15) is 0 Å². The fourth-order valence-electron chi connectivity index (χ4n) is 4.32. The number of nitrogens with one attached hydrogen (secondary N) is 1. The molecule has 0 saturated carbocycles. The monoisotopic (exact) mass is 379 g/mol. The van der Waals surface area contributed by atoms with Crippen LogP contribution in [0.15, 0.2) is 60.7 Å². The quantitative estimate of drug-likeness (QED) is 0.840. The smallest absolute Gasteiger partial charge is 0.317 e. The molecule has 5 heteroatoms. The molecule has 28 heavy (non-hydrogen) atoms. The highest BCUT2D eigenvalue weighted by molar-refractivity contribution is 5.75. The predicted octanol–water partition coefficient (Wildman–Crippen LogP) is 2.61. The third kappa shape index (κ3) is 4.21. The molecule has 4 rings (SSSR count). The molecular formula is C23H29N3O2. The minimum absolute atomic E-state index is 0.0341. The van der Waals surface area contributed by atoms with Crippen LogP contribution in [0.2, 0.25) is 0 Å². The van der Waals surface area contributed by atoms with Crippen LogP contribution >= 0.6 is 0 Å². The van der Waals surface area contributed by atoms with Crippen molar-refractivity contribution in [3.8, 4) is 0 Å². The van der Waals surface area contributed by atoms with Crippen LogP contribution in [0, 0.1) is 0 Å². The number of hydrogen-bond donors (Lipinski definition) is 2. The van der Waals surface area contributed by atoms with E-state index in [-0.39, 0.29) is 17.6 Å². The van der Waals surface area contributed by atoms with Crippen molar-refractivity contribution >= 4 is 6.03 Å². The number of carbonyl (C=O) groups is 1. The van der Waals surface area contributed by atoms with E-state index >= 15 is 0 Å². The van der Waals surface area contributed by atoms with Gasteiger partial charge in [0, 0.05) is 18.5 Å². The zero-order chi connectivity index (χ0) is 19.4. The van der Waals surface area contributed by atoms with Gasteiger partial charge < -0.3 is 15.3 Å². The molecule has 2 heterocycles. The van der Waals surface area contributed by atoms with Gasteiger partial charge in [0.2, 0.25) is 0 Å². The van der Waals surface area contributed by atoms with Gasteiger partial charge in [0.1, 0.15) is 0 Å². The molecule has 0 radical (unpaired) electrons. The predicted molar refractivity (Wildman–Crippen MR) is 110 cm³/mol. The minimum Gasteiger partial charge on any atom is -0.389 e. The van der Waals surface area contributed by atoms with Crippen molar-refractivity contribution in [3.63, 3.8) is 0 Å². The number of urea groups is 1. The molecule has 5 nitrogen and oxygen atoms in total. The molecule has 148 valence electrons. The lowest BCUT2D eigenvalue weighted by molar-refractivity contribution is 0.0257. The number of benzene rings is 2. The van der Waals surface area contributed by atoms with Gasteiger partial charge in [-0.1, -0.05) is 60.7 Å². The van der Waals surface area contributed by atoms with Gasteiger partial charge >= 0.3 is 6.03 Å². The van der Waals surface area contributed by atoms with E-state index < -0.39 is 0 Å². The van der Waals surface area contributed by atoms with E-state index in [4.69, 9.17) is 0 Å². The molecule has 2 fully saturated rings. The van der Waals surface area contributed by atoms with Crippen LogP contribution in [0.4, 0.5) is 4.79 Å². The van der Waals surface area contributed by atoms with Crippen molar-refractivity contribution in [2.24, 2.45) is 0 Å². The molecule has 0 aromatic heterocycles. The molecule has 2 amide bonds. The summed E-state index contributed by atoms with van der Waals surface area (Å²) in [4.78, 5) is 16.6. The van der Waals surface area contributed by atoms with Crippen LogP contribution in [0.25, 0.3) is 0 Å². The first-order valence-electron chi connectivity index (χ1n) is 10.2. The van der Waals surface area contributed by atoms with Gasteiger partial charge in [-0.25, -0.2) is 4.79 Å². The van der Waals surface area contributed by atoms with Gasteiger partial charge in [0.05, 0.1) is 19.2 Å². The minimum atomic E-state index is -0.366. The molecule has 0 atom stereocenters. The summed E-state index contributed by atoms with van der Waals surface area (Å²) in [5.41, 5.74) is 2.62. The lowest BCUT2D eigenvalue weighted by Crippen LogP contribution is -2.58. The molecule has 0 bridgehead atoms. The summed E-state index contributed by atoms with van der Waals surface area (Å²) < 4.78 is 0. The number of hydrogen-bond acceptors (Lipinski definition) is 3. The summed E-state index contributed by atoms with van der Waals surface area (Å²) in [5, 5.41) is 12.6. The topological polar surface area (TPSA) is 55.8 Å². The zero-order valence-electron chi connectivity index (χ0n) is 16.3. The summed E-state index contributed by atoms with van der Waals surface area (Å²) in [6.07, 6.45) is 1.68. The molecule has 0 aliphatic carbocycles. The molecule has 2 saturated heterocycles. The fourth-order valence-corrected chi connectivity index (χ4v) is 4.32. The number of β-amino-alcohol motifs (C(OH)–C–C–N with tert-alkyl or cyclic N) is 1. The number of carbonyl (C=O) groups excluding carboxylic acids is 1. The number of amides is 2. The molecule has 0 spiro atoms. The van der Waals surface area contributed by atoms with E-state index in [1.807, 2.05) is 6.07 Å². The maximum absolute atomic E-state index is 12.4. The maximum Gasteiger partial charge on any atom is 0.317 e. The molecular weight excluding hydrogens is 350 g/mol. The van der Waals surface area contributed by atoms with Crippen molar-refractivity contribution < 1.29 is 9.90 Å². The Labute approximate surface area is 167 Å². The Morgan fingerprint density at radius 1 is 1.00 bits per heavy atom. The van der Waals surface area contributed by atoms with Crippen LogP contribution in [0.1, 0.15) is 24.0 Å². The first kappa shape index (κ1) is 19.0. The van der Waals surface area contributed by atoms with Crippen LogP contribution in [0.5, 0.6) is 0 Å². The van der Waals surface area contributed by atoms with Gasteiger partial charge in [-0.3, -0.25) is 4.90 Å². The third-order valence-electron chi connectivity index (χ3n) is 6.18. The molecule has 2 N–H and O–H groups in total. The Bertz CT molecular complexity index is 767. The van der Waals surface area contributed by atoms with Gasteiger partial charge in [0.25, 0.3) is 0 Å². The van der Waals surface area contributed by atoms with Crippen molar-refractivity contribution in [2.45, 2.75) is 30.9 Å². The Morgan fingerprint density at radius 2 is 1.61 bits per heavy atom. The van der Waals surface area contributed by atoms with Crippen molar-refractivity contribution in [1.29, 1.82) is 0 Å². The van der Waals surface area contributed by atoms with Gasteiger partial charge in [-0.15, -0.1) is 0 Å². The molecule has 2 aromatic rings. The number of aliphatic hydroxyl groups is 1. The summed E-state index contributed by atoms with van der Waals surface area (Å²) in [5.74, 6) is 0. The van der Waals surface area contributed by atoms with E-state index in [0.29, 0.717) is 19.6 Å². The van der Waals surface area contributed by atoms with E-state index in [9.17, 15) is 9.90 Å². The van der Waals surface area contributed by atoms with Crippen LogP contribution in [-0.4, -0.2) is 59.8 Å². The van der Waals surface area contributed by atoms with Gasteiger partial charge in [0.15, 0.2) is 0 Å². The largest absolute Gasteiger partial charge is 0.389 e. The third-order valence-corrected chi connectivity index (χ3v) is 6.18. The maximum atomic E-state index is 12.4. The fraction of sp³-hybridized carbons (Fsp3) is 0.435. The highest BCUT2D eigenvalue weighted by Crippen LogP contribution is 2.35. The van der Waals surface area contributed by atoms with Crippen molar-refractivity contribution in [3.05, 3.63) is 71.8 Å². The second-order valence-corrected chi connectivity index (χ2v) is 8.13. The Morgan fingerprint density at radius 3 is 2.21 bits per heavy atom. The number of piperidine rings is 1. The normalized spacial score (nSPS) is 19.8. The first-order chi connectivity index (χ1) is 13.6. The van der Waals surface area contributed by atoms with E-state index in [1.165, 1.54) is 11.1 Å². The van der Waals surface area contributed by atoms with Crippen molar-refractivity contribution in [1.82, 2.24) is 15.1 Å². The Balaban J connectivity index is 1.41. The SMILES string of the molecule is O=C(NCC1(c2ccccc2)CCN(Cc2ccccc2)CC1)N1CC(O)C1. The van der Waals surface area contributed by atoms with Crippen LogP contribution in [0.3, 0.4) is 0 Å². The van der Waals surface area contributed by atoms with E-state index in [0.717, 1.165) is 32.5 Å². The number of nitrogens with zero attached hydrogens (tertiary/aromatic N) is 2. The number of aliphatic hydroxyl groups excluding tert-OH is 1. The molecule has 2 aromatic carbocycles. The lowest BCUT2D eigenvalue weighted by Gasteiger charge is -2.43. The van der Waals surface area contributed by atoms with E-state index in [2.05, 4.69) is 64.8 Å². The van der Waals surface area contributed by atoms with Gasteiger partial charge in [-0.05, 0) is 37.1 Å². The molecule has 2 aliphatic rings. The highest BCUT2D eigenvalue weighted by Gasteiger charge is 2.37. The zero-order valence-corrected chi connectivity index (χ0v) is 16.3. The van der Waals surface area contributed by atoms with Crippen molar-refractivity contribution in [2.75, 3.05) is 32.7 Å². The molecule has 0 unspecified atom stereocenters. The van der Waals surface area contributed by atoms with Crippen LogP contribution in [-0.2, 0) is 12.0 Å². The Hall–Kier alpha value is -2.37. The second kappa shape index (κ2) is 8.33. The summed E-state index contributed by atoms with van der Waals surface area (Å²) in [7, 11) is 0. The average molecular weight is 380 g/mol. The number of rotatable bonds is 5. The highest BCUT2D eigenvalue weighted by atomic mass is 16.3. The van der Waals surface area contributed by atoms with Crippen LogP contribution < -0.4 is 5.32 Å². The summed E-state index contributed by atoms with van der Waals surface area (Å²) in [6, 6.07) is 21.1. The average Bonchev–Trinajstić information content (AvgIpc) is 2.72. The number of likely N-dealkylation sites (tertiary alicyclic amines) is 2. The van der Waals surface area contributed by atoms with E-state index in [1.54, 1.807) is 4.90 Å². The summed E-state index contributed by atoms with van der Waals surface area (Å²) >= 11 is 0. The summed E-state index contributed by atoms with van der Waals surface area (Å²) in [6.45, 7) is 4.53. The Kier molecular flexibility index (Phi) is 5.64. The standard InChI is InChI=1S/C23H29N3O2/c27-21-16-26(17-21)22(28)24-18-23(20-9-5-2-6-10-20)11-13-25(14-12-23)15-19-7-3-1-4-8-19/h1-10,21,27H,11-18H2,(H,24,28). The lowest BCUT2D eigenvalue weighted by atomic mass is 9.72. The molecule has 2 aliphatic heterocycles. The first-order valence-corrected chi connectivity index (χ1v) is 10.2. The second-order valence-electron chi connectivity index (χ2n) is 8.13.